The number of ether oxygens (including phenoxy) is 2. The molecule has 2 heterocycles. The Morgan fingerprint density at radius 2 is 1.88 bits per heavy atom. The quantitative estimate of drug-likeness (QED) is 0.701. The Kier molecular flexibility index (Phi) is 3.18. The van der Waals surface area contributed by atoms with Gasteiger partial charge in [-0.1, -0.05) is 6.92 Å². The van der Waals surface area contributed by atoms with Gasteiger partial charge in [-0.15, -0.1) is 0 Å². The van der Waals surface area contributed by atoms with Crippen LogP contribution in [-0.4, -0.2) is 42.5 Å². The van der Waals surface area contributed by atoms with Crippen molar-refractivity contribution in [2.24, 2.45) is 5.92 Å². The largest absolute Gasteiger partial charge is 0.348 e. The molecule has 98 valence electrons. The van der Waals surface area contributed by atoms with Crippen molar-refractivity contribution < 1.29 is 9.47 Å². The zero-order chi connectivity index (χ0) is 11.9. The normalized spacial score (nSPS) is 42.4. The van der Waals surface area contributed by atoms with Gasteiger partial charge in [-0.3, -0.25) is 4.90 Å². The molecule has 0 aromatic rings. The van der Waals surface area contributed by atoms with Gasteiger partial charge in [0.1, 0.15) is 0 Å². The van der Waals surface area contributed by atoms with Crippen molar-refractivity contribution in [1.29, 1.82) is 0 Å². The van der Waals surface area contributed by atoms with Gasteiger partial charge in [0.15, 0.2) is 5.79 Å². The van der Waals surface area contributed by atoms with E-state index in [1.165, 1.54) is 25.8 Å². The molecule has 0 amide bonds. The Balaban J connectivity index is 1.65. The molecule has 1 saturated carbocycles. The van der Waals surface area contributed by atoms with E-state index in [0.717, 1.165) is 38.1 Å². The van der Waals surface area contributed by atoms with Crippen molar-refractivity contribution in [1.82, 2.24) is 4.90 Å². The van der Waals surface area contributed by atoms with Crippen LogP contribution in [0.15, 0.2) is 0 Å². The highest BCUT2D eigenvalue weighted by Crippen LogP contribution is 2.41. The molecular weight excluding hydrogens is 214 g/mol. The summed E-state index contributed by atoms with van der Waals surface area (Å²) in [5.41, 5.74) is 0. The van der Waals surface area contributed by atoms with Gasteiger partial charge >= 0.3 is 0 Å². The van der Waals surface area contributed by atoms with Crippen molar-refractivity contribution in [3.05, 3.63) is 0 Å². The van der Waals surface area contributed by atoms with E-state index in [1.807, 2.05) is 0 Å². The molecule has 3 aliphatic rings. The summed E-state index contributed by atoms with van der Waals surface area (Å²) in [5.74, 6) is 0.487. The third-order valence-corrected chi connectivity index (χ3v) is 4.95. The SMILES string of the molecule is CC1CC2(CCC1N1CCCC1C)OCCO2. The van der Waals surface area contributed by atoms with Crippen molar-refractivity contribution >= 4 is 0 Å². The number of rotatable bonds is 1. The molecule has 3 unspecified atom stereocenters. The second kappa shape index (κ2) is 4.52. The summed E-state index contributed by atoms with van der Waals surface area (Å²) in [5, 5.41) is 0. The molecule has 3 heteroatoms. The number of hydrogen-bond acceptors (Lipinski definition) is 3. The van der Waals surface area contributed by atoms with E-state index in [1.54, 1.807) is 0 Å². The molecular formula is C14H25NO2. The summed E-state index contributed by atoms with van der Waals surface area (Å²) in [4.78, 5) is 2.73. The van der Waals surface area contributed by atoms with E-state index in [-0.39, 0.29) is 5.79 Å². The third kappa shape index (κ3) is 2.13. The van der Waals surface area contributed by atoms with Gasteiger partial charge in [0.05, 0.1) is 13.2 Å². The summed E-state index contributed by atoms with van der Waals surface area (Å²) >= 11 is 0. The summed E-state index contributed by atoms with van der Waals surface area (Å²) in [6.07, 6.45) is 6.17. The Morgan fingerprint density at radius 3 is 2.47 bits per heavy atom. The first kappa shape index (κ1) is 11.9. The Morgan fingerprint density at radius 1 is 1.12 bits per heavy atom. The number of nitrogens with zero attached hydrogens (tertiary/aromatic N) is 1. The predicted octanol–water partition coefficient (Wildman–Crippen LogP) is 2.40. The lowest BCUT2D eigenvalue weighted by molar-refractivity contribution is -0.195. The maximum atomic E-state index is 5.85. The van der Waals surface area contributed by atoms with Crippen LogP contribution < -0.4 is 0 Å². The van der Waals surface area contributed by atoms with Gasteiger partial charge in [0, 0.05) is 24.9 Å². The van der Waals surface area contributed by atoms with E-state index in [2.05, 4.69) is 18.7 Å². The van der Waals surface area contributed by atoms with Crippen molar-refractivity contribution in [3.8, 4) is 0 Å². The molecule has 3 fully saturated rings. The fraction of sp³-hybridized carbons (Fsp3) is 1.00. The fourth-order valence-electron chi connectivity index (χ4n) is 4.08. The minimum atomic E-state index is -0.209. The summed E-state index contributed by atoms with van der Waals surface area (Å²) in [7, 11) is 0. The molecule has 0 radical (unpaired) electrons. The third-order valence-electron chi connectivity index (χ3n) is 4.95. The Labute approximate surface area is 104 Å². The van der Waals surface area contributed by atoms with Crippen LogP contribution in [0.5, 0.6) is 0 Å². The van der Waals surface area contributed by atoms with E-state index in [9.17, 15) is 0 Å². The first-order valence-electron chi connectivity index (χ1n) is 7.24. The zero-order valence-electron chi connectivity index (χ0n) is 11.2. The van der Waals surface area contributed by atoms with E-state index < -0.39 is 0 Å². The molecule has 3 nitrogen and oxygen atoms in total. The van der Waals surface area contributed by atoms with Gasteiger partial charge in [-0.25, -0.2) is 0 Å². The average Bonchev–Trinajstić information content (AvgIpc) is 2.90. The summed E-state index contributed by atoms with van der Waals surface area (Å²) in [6, 6.07) is 1.54. The maximum absolute atomic E-state index is 5.85. The first-order valence-corrected chi connectivity index (χ1v) is 7.24. The second-order valence-corrected chi connectivity index (χ2v) is 6.12. The van der Waals surface area contributed by atoms with E-state index >= 15 is 0 Å². The molecule has 0 aromatic carbocycles. The van der Waals surface area contributed by atoms with Gasteiger partial charge in [0.25, 0.3) is 0 Å². The van der Waals surface area contributed by atoms with Gasteiger partial charge in [-0.05, 0) is 38.6 Å². The first-order chi connectivity index (χ1) is 8.20. The van der Waals surface area contributed by atoms with Crippen LogP contribution in [0.4, 0.5) is 0 Å². The highest BCUT2D eigenvalue weighted by Gasteiger charge is 2.45. The van der Waals surface area contributed by atoms with Crippen molar-refractivity contribution in [3.63, 3.8) is 0 Å². The summed E-state index contributed by atoms with van der Waals surface area (Å²) < 4.78 is 11.7. The zero-order valence-corrected chi connectivity index (χ0v) is 11.2. The predicted molar refractivity (Wildman–Crippen MR) is 66.8 cm³/mol. The minimum Gasteiger partial charge on any atom is -0.348 e. The van der Waals surface area contributed by atoms with Crippen LogP contribution in [0.1, 0.15) is 46.0 Å². The fourth-order valence-corrected chi connectivity index (χ4v) is 4.08. The van der Waals surface area contributed by atoms with Crippen LogP contribution in [0, 0.1) is 5.92 Å². The monoisotopic (exact) mass is 239 g/mol. The lowest BCUT2D eigenvalue weighted by Crippen LogP contribution is -2.49. The maximum Gasteiger partial charge on any atom is 0.168 e. The van der Waals surface area contributed by atoms with Crippen molar-refractivity contribution in [2.75, 3.05) is 19.8 Å². The van der Waals surface area contributed by atoms with Crippen LogP contribution in [-0.2, 0) is 9.47 Å². The molecule has 17 heavy (non-hydrogen) atoms. The number of likely N-dealkylation sites (tertiary alicyclic amines) is 1. The van der Waals surface area contributed by atoms with Crippen molar-refractivity contribution in [2.45, 2.75) is 63.8 Å². The van der Waals surface area contributed by atoms with Crippen LogP contribution in [0.3, 0.4) is 0 Å². The number of hydrogen-bond donors (Lipinski definition) is 0. The van der Waals surface area contributed by atoms with Crippen LogP contribution in [0.25, 0.3) is 0 Å². The topological polar surface area (TPSA) is 21.7 Å². The highest BCUT2D eigenvalue weighted by atomic mass is 16.7. The average molecular weight is 239 g/mol. The standard InChI is InChI=1S/C14H25NO2/c1-11-10-14(16-8-9-17-14)6-5-13(11)15-7-3-4-12(15)2/h11-13H,3-10H2,1-2H3. The van der Waals surface area contributed by atoms with Gasteiger partial charge < -0.3 is 9.47 Å². The molecule has 2 saturated heterocycles. The Bertz CT molecular complexity index is 275. The molecule has 0 N–H and O–H groups in total. The second-order valence-electron chi connectivity index (χ2n) is 6.12. The van der Waals surface area contributed by atoms with E-state index in [0.29, 0.717) is 5.92 Å². The molecule has 0 bridgehead atoms. The highest BCUT2D eigenvalue weighted by molar-refractivity contribution is 4.93. The molecule has 3 atom stereocenters. The lowest BCUT2D eigenvalue weighted by atomic mass is 9.80. The minimum absolute atomic E-state index is 0.209. The molecule has 1 aliphatic carbocycles. The van der Waals surface area contributed by atoms with E-state index in [4.69, 9.17) is 9.47 Å². The molecule has 1 spiro atoms. The van der Waals surface area contributed by atoms with Crippen LogP contribution in [0.2, 0.25) is 0 Å². The molecule has 0 aromatic heterocycles. The smallest absolute Gasteiger partial charge is 0.168 e. The van der Waals surface area contributed by atoms with Gasteiger partial charge in [-0.2, -0.15) is 0 Å². The lowest BCUT2D eigenvalue weighted by Gasteiger charge is -2.44. The van der Waals surface area contributed by atoms with Crippen LogP contribution >= 0.6 is 0 Å². The molecule has 2 aliphatic heterocycles. The summed E-state index contributed by atoms with van der Waals surface area (Å²) in [6.45, 7) is 7.63. The van der Waals surface area contributed by atoms with Gasteiger partial charge in [0.2, 0.25) is 0 Å². The molecule has 3 rings (SSSR count). The Hall–Kier alpha value is -0.120.